The molecule has 0 aromatic heterocycles. The fourth-order valence-corrected chi connectivity index (χ4v) is 2.95. The number of ether oxygens (including phenoxy) is 1. The lowest BCUT2D eigenvalue weighted by Crippen LogP contribution is -2.53. The van der Waals surface area contributed by atoms with Crippen molar-refractivity contribution in [2.75, 3.05) is 26.2 Å². The first-order valence-corrected chi connectivity index (χ1v) is 8.78. The minimum absolute atomic E-state index is 0.392. The van der Waals surface area contributed by atoms with Gasteiger partial charge in [0.05, 0.1) is 0 Å². The fourth-order valence-electron chi connectivity index (χ4n) is 2.95. The number of carboxylic acid groups (broad SMARTS) is 2. The van der Waals surface area contributed by atoms with Crippen LogP contribution in [0.5, 0.6) is 0 Å². The van der Waals surface area contributed by atoms with Gasteiger partial charge in [0.25, 0.3) is 0 Å². The lowest BCUT2D eigenvalue weighted by molar-refractivity contribution is -0.161. The Bertz CT molecular complexity index is 702. The number of carbonyl (C=O) groups is 3. The number of nitrogens with zero attached hydrogens (tertiary/aromatic N) is 3. The van der Waals surface area contributed by atoms with Gasteiger partial charge in [-0.05, 0) is 40.7 Å². The molecule has 2 heterocycles. The molecule has 0 spiro atoms. The second kappa shape index (κ2) is 6.86. The molecule has 0 aromatic carbocycles. The summed E-state index contributed by atoms with van der Waals surface area (Å²) in [4.78, 5) is 43.3. The summed E-state index contributed by atoms with van der Waals surface area (Å²) >= 11 is 0. The molecule has 0 aliphatic carbocycles. The predicted molar refractivity (Wildman–Crippen MR) is 97.4 cm³/mol. The summed E-state index contributed by atoms with van der Waals surface area (Å²) in [5.41, 5.74) is -3.87. The van der Waals surface area contributed by atoms with E-state index in [0.29, 0.717) is 32.0 Å². The molecule has 0 aromatic rings. The summed E-state index contributed by atoms with van der Waals surface area (Å²) in [6.07, 6.45) is 2.20. The van der Waals surface area contributed by atoms with Crippen LogP contribution in [-0.4, -0.2) is 76.0 Å². The number of amides is 1. The van der Waals surface area contributed by atoms with Gasteiger partial charge in [0.1, 0.15) is 22.3 Å². The van der Waals surface area contributed by atoms with Crippen LogP contribution >= 0.6 is 0 Å². The average Bonchev–Trinajstić information content (AvgIpc) is 2.55. The third-order valence-corrected chi connectivity index (χ3v) is 5.10. The standard InChI is InChI=1S/C18H27N3O6/c1-16(2,3)27-15(26)21-8-6-20(7-9-21)12-10-17(4,13(22)23)18(5,11-19-12)14(24)25/h10-11H,6-9H2,1-5H3,(H,22,23)(H,24,25). The van der Waals surface area contributed by atoms with Crippen molar-refractivity contribution in [3.05, 3.63) is 11.9 Å². The van der Waals surface area contributed by atoms with E-state index in [2.05, 4.69) is 4.99 Å². The molecular formula is C18H27N3O6. The van der Waals surface area contributed by atoms with E-state index < -0.39 is 34.5 Å². The molecule has 0 bridgehead atoms. The Labute approximate surface area is 158 Å². The van der Waals surface area contributed by atoms with Crippen molar-refractivity contribution in [3.63, 3.8) is 0 Å². The number of aliphatic imine (C=N–C) groups is 1. The maximum absolute atomic E-state index is 12.1. The van der Waals surface area contributed by atoms with Gasteiger partial charge in [-0.15, -0.1) is 0 Å². The van der Waals surface area contributed by atoms with Crippen molar-refractivity contribution in [2.45, 2.75) is 40.2 Å². The maximum Gasteiger partial charge on any atom is 0.410 e. The monoisotopic (exact) mass is 381 g/mol. The van der Waals surface area contributed by atoms with E-state index in [-0.39, 0.29) is 0 Å². The minimum atomic E-state index is -1.65. The van der Waals surface area contributed by atoms with Crippen LogP contribution in [0.2, 0.25) is 0 Å². The van der Waals surface area contributed by atoms with Crippen LogP contribution in [0.4, 0.5) is 4.79 Å². The van der Waals surface area contributed by atoms with Gasteiger partial charge in [-0.1, -0.05) is 0 Å². The van der Waals surface area contributed by atoms with Crippen LogP contribution in [0, 0.1) is 10.8 Å². The van der Waals surface area contributed by atoms with Crippen molar-refractivity contribution >= 4 is 24.2 Å². The van der Waals surface area contributed by atoms with Crippen LogP contribution in [0.15, 0.2) is 16.9 Å². The molecule has 1 fully saturated rings. The highest BCUT2D eigenvalue weighted by Crippen LogP contribution is 2.43. The highest BCUT2D eigenvalue weighted by Gasteiger charge is 2.55. The Balaban J connectivity index is 2.14. The van der Waals surface area contributed by atoms with Crippen molar-refractivity contribution in [2.24, 2.45) is 15.8 Å². The molecule has 2 rings (SSSR count). The van der Waals surface area contributed by atoms with Gasteiger partial charge in [-0.25, -0.2) is 9.79 Å². The predicted octanol–water partition coefficient (Wildman–Crippen LogP) is 1.65. The number of carbonyl (C=O) groups excluding carboxylic acids is 1. The Morgan fingerprint density at radius 2 is 1.56 bits per heavy atom. The zero-order valence-electron chi connectivity index (χ0n) is 16.4. The largest absolute Gasteiger partial charge is 0.481 e. The van der Waals surface area contributed by atoms with Crippen LogP contribution in [-0.2, 0) is 14.3 Å². The summed E-state index contributed by atoms with van der Waals surface area (Å²) in [5, 5.41) is 19.2. The van der Waals surface area contributed by atoms with Crippen molar-refractivity contribution in [3.8, 4) is 0 Å². The Morgan fingerprint density at radius 1 is 1.04 bits per heavy atom. The summed E-state index contributed by atoms with van der Waals surface area (Å²) in [7, 11) is 0. The first-order valence-electron chi connectivity index (χ1n) is 8.78. The molecule has 27 heavy (non-hydrogen) atoms. The molecule has 1 amide bonds. The summed E-state index contributed by atoms with van der Waals surface area (Å²) in [5.74, 6) is -2.08. The molecule has 2 N–H and O–H groups in total. The Hall–Kier alpha value is -2.58. The smallest absolute Gasteiger partial charge is 0.410 e. The van der Waals surface area contributed by atoms with Crippen molar-refractivity contribution in [1.82, 2.24) is 9.80 Å². The second-order valence-corrected chi connectivity index (χ2v) is 8.23. The molecule has 2 unspecified atom stereocenters. The molecule has 2 aliphatic heterocycles. The molecular weight excluding hydrogens is 354 g/mol. The zero-order valence-corrected chi connectivity index (χ0v) is 16.4. The van der Waals surface area contributed by atoms with E-state index in [1.165, 1.54) is 26.1 Å². The normalized spacial score (nSPS) is 28.6. The van der Waals surface area contributed by atoms with Gasteiger partial charge in [0, 0.05) is 32.4 Å². The van der Waals surface area contributed by atoms with Crippen molar-refractivity contribution < 1.29 is 29.3 Å². The molecule has 9 heteroatoms. The summed E-state index contributed by atoms with van der Waals surface area (Å²) in [6.45, 7) is 9.83. The van der Waals surface area contributed by atoms with Gasteiger partial charge in [0.15, 0.2) is 0 Å². The third-order valence-electron chi connectivity index (χ3n) is 5.10. The fraction of sp³-hybridized carbons (Fsp3) is 0.667. The first-order chi connectivity index (χ1) is 12.3. The maximum atomic E-state index is 12.1. The Kier molecular flexibility index (Phi) is 5.27. The van der Waals surface area contributed by atoms with E-state index >= 15 is 0 Å². The number of carboxylic acids is 2. The quantitative estimate of drug-likeness (QED) is 0.762. The van der Waals surface area contributed by atoms with Gasteiger partial charge in [-0.2, -0.15) is 0 Å². The van der Waals surface area contributed by atoms with E-state index in [0.717, 1.165) is 0 Å². The molecule has 2 atom stereocenters. The molecule has 9 nitrogen and oxygen atoms in total. The number of rotatable bonds is 3. The third kappa shape index (κ3) is 3.91. The van der Waals surface area contributed by atoms with Gasteiger partial charge in [-0.3, -0.25) is 9.59 Å². The number of hydrogen-bond donors (Lipinski definition) is 2. The van der Waals surface area contributed by atoms with E-state index in [1.807, 2.05) is 4.90 Å². The molecule has 1 saturated heterocycles. The number of aliphatic carboxylic acids is 2. The zero-order chi connectivity index (χ0) is 20.6. The lowest BCUT2D eigenvalue weighted by atomic mass is 9.64. The first kappa shape index (κ1) is 20.7. The summed E-state index contributed by atoms with van der Waals surface area (Å²) < 4.78 is 5.36. The molecule has 2 aliphatic rings. The highest BCUT2D eigenvalue weighted by molar-refractivity contribution is 6.02. The minimum Gasteiger partial charge on any atom is -0.481 e. The van der Waals surface area contributed by atoms with Gasteiger partial charge >= 0.3 is 18.0 Å². The number of hydrogen-bond acceptors (Lipinski definition) is 6. The SMILES string of the molecule is CC(C)(C)OC(=O)N1CCN(C2=CC(C)(C(=O)O)C(C)(C(=O)O)C=N2)CC1. The molecule has 0 saturated carbocycles. The van der Waals surface area contributed by atoms with Crippen LogP contribution in [0.25, 0.3) is 0 Å². The van der Waals surface area contributed by atoms with E-state index in [1.54, 1.807) is 25.7 Å². The Morgan fingerprint density at radius 3 is 2.00 bits per heavy atom. The average molecular weight is 381 g/mol. The van der Waals surface area contributed by atoms with Gasteiger partial charge < -0.3 is 24.7 Å². The van der Waals surface area contributed by atoms with Crippen LogP contribution in [0.1, 0.15) is 34.6 Å². The highest BCUT2D eigenvalue weighted by atomic mass is 16.6. The summed E-state index contributed by atoms with van der Waals surface area (Å²) in [6, 6.07) is 0. The molecule has 150 valence electrons. The number of piperazine rings is 1. The van der Waals surface area contributed by atoms with E-state index in [4.69, 9.17) is 4.74 Å². The molecule has 0 radical (unpaired) electrons. The van der Waals surface area contributed by atoms with E-state index in [9.17, 15) is 24.6 Å². The van der Waals surface area contributed by atoms with Crippen LogP contribution in [0.3, 0.4) is 0 Å². The van der Waals surface area contributed by atoms with Crippen molar-refractivity contribution in [1.29, 1.82) is 0 Å². The topological polar surface area (TPSA) is 120 Å². The second-order valence-electron chi connectivity index (χ2n) is 8.23. The van der Waals surface area contributed by atoms with Crippen LogP contribution < -0.4 is 0 Å². The lowest BCUT2D eigenvalue weighted by Gasteiger charge is -2.41. The van der Waals surface area contributed by atoms with Gasteiger partial charge in [0.2, 0.25) is 0 Å².